The van der Waals surface area contributed by atoms with Gasteiger partial charge in [0.15, 0.2) is 0 Å². The van der Waals surface area contributed by atoms with Crippen LogP contribution in [-0.2, 0) is 0 Å². The number of ketones is 2. The van der Waals surface area contributed by atoms with Crippen LogP contribution in [0.5, 0.6) is 11.5 Å². The van der Waals surface area contributed by atoms with Crippen molar-refractivity contribution < 1.29 is 19.1 Å². The van der Waals surface area contributed by atoms with Crippen molar-refractivity contribution in [2.24, 2.45) is 0 Å². The van der Waals surface area contributed by atoms with Gasteiger partial charge in [-0.2, -0.15) is 0 Å². The number of ether oxygens (including phenoxy) is 2. The molecule has 0 aliphatic rings. The minimum Gasteiger partial charge on any atom is -0.494 e. The Balaban J connectivity index is 1.96. The van der Waals surface area contributed by atoms with Crippen LogP contribution < -0.4 is 9.47 Å². The van der Waals surface area contributed by atoms with Crippen LogP contribution in [0.25, 0.3) is 0 Å². The van der Waals surface area contributed by atoms with E-state index in [2.05, 4.69) is 31.9 Å². The number of rotatable bonds is 11. The second-order valence-electron chi connectivity index (χ2n) is 5.49. The first-order chi connectivity index (χ1) is 12.7. The van der Waals surface area contributed by atoms with E-state index in [1.807, 2.05) is 0 Å². The molecule has 26 heavy (non-hydrogen) atoms. The van der Waals surface area contributed by atoms with E-state index in [0.717, 1.165) is 23.5 Å². The summed E-state index contributed by atoms with van der Waals surface area (Å²) in [7, 11) is 0. The van der Waals surface area contributed by atoms with Gasteiger partial charge >= 0.3 is 0 Å². The lowest BCUT2D eigenvalue weighted by atomic mass is 10.0. The van der Waals surface area contributed by atoms with Gasteiger partial charge in [0, 0.05) is 21.8 Å². The predicted octanol–water partition coefficient (Wildman–Crippen LogP) is 5.08. The Morgan fingerprint density at radius 3 is 1.31 bits per heavy atom. The molecule has 0 fully saturated rings. The molecule has 0 N–H and O–H groups in total. The fraction of sp³-hybridized carbons (Fsp3) is 0.300. The number of Topliss-reactive ketones (excluding diaryl/α,β-unsaturated/α-hetero) is 2. The maximum absolute atomic E-state index is 12.4. The van der Waals surface area contributed by atoms with E-state index in [0.29, 0.717) is 35.8 Å². The molecule has 0 bridgehead atoms. The number of benzene rings is 2. The summed E-state index contributed by atoms with van der Waals surface area (Å²) < 4.78 is 11.1. The largest absolute Gasteiger partial charge is 0.494 e. The van der Waals surface area contributed by atoms with E-state index in [4.69, 9.17) is 9.47 Å². The van der Waals surface area contributed by atoms with Crippen LogP contribution in [0.1, 0.15) is 33.6 Å². The second kappa shape index (κ2) is 11.1. The van der Waals surface area contributed by atoms with Crippen molar-refractivity contribution >= 4 is 43.4 Å². The van der Waals surface area contributed by atoms with E-state index < -0.39 is 11.6 Å². The maximum atomic E-state index is 12.4. The number of carbonyl (C=O) groups excluding carboxylic acids is 2. The van der Waals surface area contributed by atoms with E-state index in [1.165, 1.54) is 0 Å². The highest BCUT2D eigenvalue weighted by Crippen LogP contribution is 2.17. The molecule has 0 saturated heterocycles. The molecule has 2 rings (SSSR count). The molecule has 2 aromatic rings. The van der Waals surface area contributed by atoms with E-state index in [9.17, 15) is 9.59 Å². The molecule has 0 amide bonds. The predicted molar refractivity (Wildman–Crippen MR) is 109 cm³/mol. The van der Waals surface area contributed by atoms with Crippen LogP contribution in [0.15, 0.2) is 48.5 Å². The van der Waals surface area contributed by atoms with Gasteiger partial charge in [-0.25, -0.2) is 0 Å². The smallest absolute Gasteiger partial charge is 0.233 e. The molecule has 4 nitrogen and oxygen atoms in total. The lowest BCUT2D eigenvalue weighted by molar-refractivity contribution is 0.0817. The summed E-state index contributed by atoms with van der Waals surface area (Å²) in [5, 5.41) is 1.75. The Bertz CT molecular complexity index is 648. The van der Waals surface area contributed by atoms with Gasteiger partial charge in [-0.1, -0.05) is 31.9 Å². The summed E-state index contributed by atoms with van der Waals surface area (Å²) in [6.07, 6.45) is 1.80. The molecule has 0 aliphatic heterocycles. The average molecular weight is 484 g/mol. The first-order valence-corrected chi connectivity index (χ1v) is 10.6. The number of hydrogen-bond acceptors (Lipinski definition) is 4. The molecule has 6 heteroatoms. The van der Waals surface area contributed by atoms with Gasteiger partial charge in [0.05, 0.1) is 13.2 Å². The van der Waals surface area contributed by atoms with Crippen LogP contribution in [0.2, 0.25) is 0 Å². The van der Waals surface area contributed by atoms with Gasteiger partial charge < -0.3 is 9.47 Å². The van der Waals surface area contributed by atoms with Gasteiger partial charge in [-0.3, -0.25) is 9.59 Å². The SMILES string of the molecule is O=C(C(=O)c1ccc(OCCCBr)cc1)c1ccc(OCCCBr)cc1. The zero-order valence-electron chi connectivity index (χ0n) is 14.3. The van der Waals surface area contributed by atoms with Crippen molar-refractivity contribution in [2.45, 2.75) is 12.8 Å². The van der Waals surface area contributed by atoms with Gasteiger partial charge in [0.1, 0.15) is 11.5 Å². The van der Waals surface area contributed by atoms with Crippen LogP contribution in [-0.4, -0.2) is 35.4 Å². The molecule has 0 radical (unpaired) electrons. The summed E-state index contributed by atoms with van der Waals surface area (Å²) in [6, 6.07) is 13.3. The Hall–Kier alpha value is -1.66. The van der Waals surface area contributed by atoms with Gasteiger partial charge in [-0.15, -0.1) is 0 Å². The van der Waals surface area contributed by atoms with Gasteiger partial charge in [0.25, 0.3) is 0 Å². The quantitative estimate of drug-likeness (QED) is 0.193. The van der Waals surface area contributed by atoms with E-state index in [1.54, 1.807) is 48.5 Å². The van der Waals surface area contributed by atoms with Crippen molar-refractivity contribution in [3.05, 3.63) is 59.7 Å². The first-order valence-electron chi connectivity index (χ1n) is 8.32. The normalized spacial score (nSPS) is 10.4. The average Bonchev–Trinajstić information content (AvgIpc) is 2.68. The highest BCUT2D eigenvalue weighted by Gasteiger charge is 2.18. The lowest BCUT2D eigenvalue weighted by Crippen LogP contribution is -2.14. The third-order valence-electron chi connectivity index (χ3n) is 3.53. The van der Waals surface area contributed by atoms with Crippen molar-refractivity contribution in [3.8, 4) is 11.5 Å². The molecular formula is C20H20Br2O4. The lowest BCUT2D eigenvalue weighted by Gasteiger charge is -2.07. The molecular weight excluding hydrogens is 464 g/mol. The summed E-state index contributed by atoms with van der Waals surface area (Å²) in [4.78, 5) is 24.8. The Kier molecular flexibility index (Phi) is 8.85. The molecule has 0 heterocycles. The van der Waals surface area contributed by atoms with E-state index >= 15 is 0 Å². The highest BCUT2D eigenvalue weighted by atomic mass is 79.9. The van der Waals surface area contributed by atoms with Crippen molar-refractivity contribution in [2.75, 3.05) is 23.9 Å². The molecule has 0 aliphatic carbocycles. The fourth-order valence-corrected chi connectivity index (χ4v) is 2.61. The third-order valence-corrected chi connectivity index (χ3v) is 4.65. The number of hydrogen-bond donors (Lipinski definition) is 0. The summed E-state index contributed by atoms with van der Waals surface area (Å²) >= 11 is 6.68. The van der Waals surface area contributed by atoms with E-state index in [-0.39, 0.29) is 0 Å². The Morgan fingerprint density at radius 1 is 0.654 bits per heavy atom. The van der Waals surface area contributed by atoms with Crippen molar-refractivity contribution in [3.63, 3.8) is 0 Å². The molecule has 2 aromatic carbocycles. The monoisotopic (exact) mass is 482 g/mol. The zero-order chi connectivity index (χ0) is 18.8. The third kappa shape index (κ3) is 6.25. The van der Waals surface area contributed by atoms with Crippen molar-refractivity contribution in [1.29, 1.82) is 0 Å². The topological polar surface area (TPSA) is 52.6 Å². The summed E-state index contributed by atoms with van der Waals surface area (Å²) in [6.45, 7) is 1.20. The maximum Gasteiger partial charge on any atom is 0.233 e. The van der Waals surface area contributed by atoms with Gasteiger partial charge in [-0.05, 0) is 61.4 Å². The molecule has 0 unspecified atom stereocenters. The molecule has 0 saturated carbocycles. The van der Waals surface area contributed by atoms with Crippen LogP contribution in [0, 0.1) is 0 Å². The molecule has 0 spiro atoms. The minimum absolute atomic E-state index is 0.348. The second-order valence-corrected chi connectivity index (χ2v) is 7.07. The van der Waals surface area contributed by atoms with Crippen LogP contribution >= 0.6 is 31.9 Å². The fourth-order valence-electron chi connectivity index (χ4n) is 2.16. The van der Waals surface area contributed by atoms with Gasteiger partial charge in [0.2, 0.25) is 11.6 Å². The Labute approximate surface area is 170 Å². The minimum atomic E-state index is -0.537. The van der Waals surface area contributed by atoms with Crippen LogP contribution in [0.3, 0.4) is 0 Å². The zero-order valence-corrected chi connectivity index (χ0v) is 17.4. The standard InChI is InChI=1S/C20H20Br2O4/c21-11-1-13-25-17-7-3-15(4-8-17)19(23)20(24)16-5-9-18(10-6-16)26-14-2-12-22/h3-10H,1-2,11-14H2. The highest BCUT2D eigenvalue weighted by molar-refractivity contribution is 9.09. The van der Waals surface area contributed by atoms with Crippen LogP contribution in [0.4, 0.5) is 0 Å². The van der Waals surface area contributed by atoms with Crippen molar-refractivity contribution in [1.82, 2.24) is 0 Å². The first kappa shape index (κ1) is 20.6. The Morgan fingerprint density at radius 2 is 1.00 bits per heavy atom. The summed E-state index contributed by atoms with van der Waals surface area (Å²) in [5.74, 6) is 0.287. The number of halogens is 2. The number of alkyl halides is 2. The number of carbonyl (C=O) groups is 2. The molecule has 0 aromatic heterocycles. The molecule has 138 valence electrons. The molecule has 0 atom stereocenters. The summed E-state index contributed by atoms with van der Waals surface area (Å²) in [5.41, 5.74) is 0.695.